The monoisotopic (exact) mass is 469 g/mol. The third-order valence-electron chi connectivity index (χ3n) is 4.71. The summed E-state index contributed by atoms with van der Waals surface area (Å²) in [5.41, 5.74) is 0.382. The van der Waals surface area contributed by atoms with Crippen molar-refractivity contribution in [3.63, 3.8) is 0 Å². The van der Waals surface area contributed by atoms with Gasteiger partial charge in [-0.15, -0.1) is 24.0 Å². The topological polar surface area (TPSA) is 54.9 Å². The van der Waals surface area contributed by atoms with Crippen molar-refractivity contribution < 1.29 is 9.47 Å². The Hall–Kier alpha value is -0.0800. The maximum atomic E-state index is 5.61. The van der Waals surface area contributed by atoms with Gasteiger partial charge in [0.1, 0.15) is 0 Å². The van der Waals surface area contributed by atoms with E-state index in [1.165, 1.54) is 25.7 Å². The van der Waals surface area contributed by atoms with E-state index in [9.17, 15) is 0 Å². The molecular formula is C19H40IN3O2. The number of nitrogens with zero attached hydrogens (tertiary/aromatic N) is 1. The van der Waals surface area contributed by atoms with Gasteiger partial charge in [-0.3, -0.25) is 4.99 Å². The Labute approximate surface area is 172 Å². The van der Waals surface area contributed by atoms with E-state index >= 15 is 0 Å². The summed E-state index contributed by atoms with van der Waals surface area (Å²) in [5, 5.41) is 6.92. The van der Waals surface area contributed by atoms with Crippen molar-refractivity contribution in [3.05, 3.63) is 0 Å². The van der Waals surface area contributed by atoms with Crippen molar-refractivity contribution in [3.8, 4) is 0 Å². The fraction of sp³-hybridized carbons (Fsp3) is 0.947. The van der Waals surface area contributed by atoms with E-state index in [0.717, 1.165) is 58.3 Å². The first-order valence-electron chi connectivity index (χ1n) is 9.72. The Balaban J connectivity index is 0.00000576. The van der Waals surface area contributed by atoms with Crippen molar-refractivity contribution in [2.75, 3.05) is 46.6 Å². The molecule has 1 saturated carbocycles. The largest absolute Gasteiger partial charge is 0.382 e. The molecule has 1 aliphatic carbocycles. The molecule has 0 saturated heterocycles. The van der Waals surface area contributed by atoms with Gasteiger partial charge in [-0.05, 0) is 43.9 Å². The molecular weight excluding hydrogens is 429 g/mol. The van der Waals surface area contributed by atoms with Gasteiger partial charge in [0.05, 0.1) is 0 Å². The van der Waals surface area contributed by atoms with Crippen LogP contribution < -0.4 is 10.6 Å². The molecule has 0 bridgehead atoms. The van der Waals surface area contributed by atoms with E-state index < -0.39 is 0 Å². The molecule has 2 N–H and O–H groups in total. The van der Waals surface area contributed by atoms with Crippen LogP contribution >= 0.6 is 24.0 Å². The van der Waals surface area contributed by atoms with Gasteiger partial charge in [-0.25, -0.2) is 0 Å². The molecule has 1 aliphatic rings. The first-order valence-corrected chi connectivity index (χ1v) is 9.72. The molecule has 0 unspecified atom stereocenters. The summed E-state index contributed by atoms with van der Waals surface area (Å²) < 4.78 is 11.2. The lowest BCUT2D eigenvalue weighted by molar-refractivity contribution is 0.104. The van der Waals surface area contributed by atoms with Crippen LogP contribution in [0.2, 0.25) is 0 Å². The molecule has 1 rings (SSSR count). The number of halogens is 1. The molecule has 150 valence electrons. The van der Waals surface area contributed by atoms with Gasteiger partial charge in [-0.2, -0.15) is 0 Å². The summed E-state index contributed by atoms with van der Waals surface area (Å²) in [4.78, 5) is 4.34. The molecule has 6 heteroatoms. The van der Waals surface area contributed by atoms with Crippen LogP contribution in [0.15, 0.2) is 4.99 Å². The number of guanidine groups is 1. The van der Waals surface area contributed by atoms with Gasteiger partial charge in [0.2, 0.25) is 0 Å². The van der Waals surface area contributed by atoms with Gasteiger partial charge in [0, 0.05) is 46.6 Å². The van der Waals surface area contributed by atoms with Crippen LogP contribution in [-0.4, -0.2) is 52.5 Å². The lowest BCUT2D eigenvalue weighted by atomic mass is 9.83. The lowest BCUT2D eigenvalue weighted by Crippen LogP contribution is -2.43. The van der Waals surface area contributed by atoms with Crippen LogP contribution in [0, 0.1) is 11.3 Å². The average molecular weight is 469 g/mol. The second-order valence-corrected chi connectivity index (χ2v) is 7.33. The van der Waals surface area contributed by atoms with Crippen molar-refractivity contribution in [2.24, 2.45) is 16.3 Å². The van der Waals surface area contributed by atoms with E-state index in [4.69, 9.17) is 9.47 Å². The average Bonchev–Trinajstić information content (AvgIpc) is 3.02. The predicted molar refractivity (Wildman–Crippen MR) is 117 cm³/mol. The third-order valence-corrected chi connectivity index (χ3v) is 4.71. The molecule has 0 radical (unpaired) electrons. The third kappa shape index (κ3) is 11.3. The standard InChI is InChI=1S/C19H39N3O2.HI/c1-5-23-14-11-19(9-6-7-10-19)16-22-18(20-4)21-12-8-13-24-15-17(2)3;/h17H,5-16H2,1-4H3,(H2,20,21,22);1H. The highest BCUT2D eigenvalue weighted by molar-refractivity contribution is 14.0. The summed E-state index contributed by atoms with van der Waals surface area (Å²) in [7, 11) is 1.84. The summed E-state index contributed by atoms with van der Waals surface area (Å²) in [6.07, 6.45) is 7.43. The first-order chi connectivity index (χ1) is 11.6. The van der Waals surface area contributed by atoms with E-state index in [0.29, 0.717) is 11.3 Å². The van der Waals surface area contributed by atoms with Crippen LogP contribution in [0.25, 0.3) is 0 Å². The fourth-order valence-corrected chi connectivity index (χ4v) is 3.27. The fourth-order valence-electron chi connectivity index (χ4n) is 3.27. The Morgan fingerprint density at radius 3 is 2.44 bits per heavy atom. The zero-order valence-corrected chi connectivity index (χ0v) is 19.1. The number of hydrogen-bond acceptors (Lipinski definition) is 3. The van der Waals surface area contributed by atoms with Crippen molar-refractivity contribution >= 4 is 29.9 Å². The minimum absolute atomic E-state index is 0. The maximum Gasteiger partial charge on any atom is 0.190 e. The zero-order chi connectivity index (χ0) is 17.7. The van der Waals surface area contributed by atoms with E-state index in [-0.39, 0.29) is 24.0 Å². The maximum absolute atomic E-state index is 5.61. The van der Waals surface area contributed by atoms with Gasteiger partial charge < -0.3 is 20.1 Å². The highest BCUT2D eigenvalue weighted by Crippen LogP contribution is 2.40. The SMILES string of the molecule is CCOCCC1(CNC(=NC)NCCCOCC(C)C)CCCC1.I. The Kier molecular flexibility index (Phi) is 15.0. The minimum atomic E-state index is 0. The smallest absolute Gasteiger partial charge is 0.190 e. The molecule has 0 aromatic rings. The zero-order valence-electron chi connectivity index (χ0n) is 16.7. The van der Waals surface area contributed by atoms with Crippen LogP contribution in [0.1, 0.15) is 59.3 Å². The number of hydrogen-bond donors (Lipinski definition) is 2. The van der Waals surface area contributed by atoms with Crippen LogP contribution in [0.3, 0.4) is 0 Å². The van der Waals surface area contributed by atoms with Crippen molar-refractivity contribution in [1.29, 1.82) is 0 Å². The highest BCUT2D eigenvalue weighted by Gasteiger charge is 2.33. The second kappa shape index (κ2) is 15.0. The molecule has 1 fully saturated rings. The van der Waals surface area contributed by atoms with E-state index in [1.807, 2.05) is 7.05 Å². The van der Waals surface area contributed by atoms with Gasteiger partial charge in [0.15, 0.2) is 5.96 Å². The number of nitrogens with one attached hydrogen (secondary N) is 2. The molecule has 0 spiro atoms. The van der Waals surface area contributed by atoms with Crippen LogP contribution in [0.4, 0.5) is 0 Å². The predicted octanol–water partition coefficient (Wildman–Crippen LogP) is 3.82. The number of aliphatic imine (C=N–C) groups is 1. The highest BCUT2D eigenvalue weighted by atomic mass is 127. The van der Waals surface area contributed by atoms with Crippen LogP contribution in [-0.2, 0) is 9.47 Å². The molecule has 0 aliphatic heterocycles. The Bertz CT molecular complexity index is 346. The van der Waals surface area contributed by atoms with E-state index in [2.05, 4.69) is 36.4 Å². The van der Waals surface area contributed by atoms with Crippen molar-refractivity contribution in [2.45, 2.75) is 59.3 Å². The molecule has 25 heavy (non-hydrogen) atoms. The van der Waals surface area contributed by atoms with Crippen LogP contribution in [0.5, 0.6) is 0 Å². The molecule has 0 heterocycles. The minimum Gasteiger partial charge on any atom is -0.382 e. The quantitative estimate of drug-likeness (QED) is 0.198. The Morgan fingerprint density at radius 2 is 1.84 bits per heavy atom. The Morgan fingerprint density at radius 1 is 1.12 bits per heavy atom. The number of ether oxygens (including phenoxy) is 2. The summed E-state index contributed by atoms with van der Waals surface area (Å²) >= 11 is 0. The van der Waals surface area contributed by atoms with Gasteiger partial charge >= 0.3 is 0 Å². The molecule has 0 amide bonds. The molecule has 5 nitrogen and oxygen atoms in total. The number of rotatable bonds is 12. The van der Waals surface area contributed by atoms with Gasteiger partial charge in [-0.1, -0.05) is 26.7 Å². The first kappa shape index (κ1) is 24.9. The van der Waals surface area contributed by atoms with Crippen molar-refractivity contribution in [1.82, 2.24) is 10.6 Å². The lowest BCUT2D eigenvalue weighted by Gasteiger charge is -2.30. The summed E-state index contributed by atoms with van der Waals surface area (Å²) in [6, 6.07) is 0. The van der Waals surface area contributed by atoms with Gasteiger partial charge in [0.25, 0.3) is 0 Å². The second-order valence-electron chi connectivity index (χ2n) is 7.33. The molecule has 0 atom stereocenters. The normalized spacial score (nSPS) is 16.8. The summed E-state index contributed by atoms with van der Waals surface area (Å²) in [6.45, 7) is 11.6. The summed E-state index contributed by atoms with van der Waals surface area (Å²) in [5.74, 6) is 1.51. The molecule has 0 aromatic carbocycles. The van der Waals surface area contributed by atoms with E-state index in [1.54, 1.807) is 0 Å². The molecule has 0 aromatic heterocycles.